The molecule has 0 bridgehead atoms. The highest BCUT2D eigenvalue weighted by Crippen LogP contribution is 2.19. The molecular weight excluding hydrogens is 126 g/mol. The van der Waals surface area contributed by atoms with Crippen LogP contribution in [0.25, 0.3) is 0 Å². The number of nitrogens with one attached hydrogen (secondary N) is 1. The van der Waals surface area contributed by atoms with Crippen molar-refractivity contribution in [3.05, 3.63) is 11.5 Å². The third-order valence-electron chi connectivity index (χ3n) is 0.642. The van der Waals surface area contributed by atoms with E-state index in [9.17, 15) is 9.59 Å². The van der Waals surface area contributed by atoms with Gasteiger partial charge in [0.2, 0.25) is 0 Å². The van der Waals surface area contributed by atoms with Crippen molar-refractivity contribution in [3.8, 4) is 0 Å². The predicted molar refractivity (Wildman–Crippen MR) is 28.9 cm³/mol. The van der Waals surface area contributed by atoms with Gasteiger partial charge in [-0.25, -0.2) is 0 Å². The van der Waals surface area contributed by atoms with Crippen LogP contribution in [0.2, 0.25) is 0 Å². The van der Waals surface area contributed by atoms with Crippen molar-refractivity contribution in [1.82, 2.24) is 5.32 Å². The minimum Gasteiger partial charge on any atom is -0.282 e. The molecule has 1 radical (unpaired) electrons. The van der Waals surface area contributed by atoms with Crippen LogP contribution in [-0.2, 0) is 4.79 Å². The highest BCUT2D eigenvalue weighted by molar-refractivity contribution is 8.18. The van der Waals surface area contributed by atoms with Crippen LogP contribution >= 0.6 is 11.8 Å². The predicted octanol–water partition coefficient (Wildman–Crippen LogP) is 0.286. The third-order valence-corrected chi connectivity index (χ3v) is 1.33. The normalized spacial score (nSPS) is 19.2. The van der Waals surface area contributed by atoms with Gasteiger partial charge in [-0.2, -0.15) is 0 Å². The van der Waals surface area contributed by atoms with Crippen molar-refractivity contribution < 1.29 is 9.59 Å². The molecule has 4 heteroatoms. The Morgan fingerprint density at radius 3 is 2.25 bits per heavy atom. The Morgan fingerprint density at radius 1 is 1.50 bits per heavy atom. The second kappa shape index (κ2) is 1.63. The van der Waals surface area contributed by atoms with Gasteiger partial charge in [0.1, 0.15) is 0 Å². The molecule has 1 fully saturated rings. The molecule has 1 saturated heterocycles. The average Bonchev–Trinajstić information content (AvgIpc) is 1.85. The zero-order valence-electron chi connectivity index (χ0n) is 3.80. The van der Waals surface area contributed by atoms with Crippen molar-refractivity contribution >= 4 is 22.9 Å². The molecule has 1 N–H and O–H groups in total. The molecule has 2 amide bonds. The largest absolute Gasteiger partial charge is 0.290 e. The first-order valence-electron chi connectivity index (χ1n) is 1.86. The molecule has 0 atom stereocenters. The smallest absolute Gasteiger partial charge is 0.282 e. The van der Waals surface area contributed by atoms with Gasteiger partial charge in [-0.05, 0) is 18.3 Å². The molecule has 0 aromatic rings. The lowest BCUT2D eigenvalue weighted by atomic mass is 10.6. The summed E-state index contributed by atoms with van der Waals surface area (Å²) in [5.74, 6) is -0.486. The van der Waals surface area contributed by atoms with E-state index in [0.717, 1.165) is 11.8 Å². The van der Waals surface area contributed by atoms with Crippen LogP contribution < -0.4 is 5.32 Å². The first kappa shape index (κ1) is 5.37. The maximum Gasteiger partial charge on any atom is 0.290 e. The summed E-state index contributed by atoms with van der Waals surface area (Å²) in [6, 6.07) is 0. The van der Waals surface area contributed by atoms with E-state index >= 15 is 0 Å². The molecule has 0 saturated carbocycles. The fraction of sp³-hybridized carbons (Fsp3) is 0. The van der Waals surface area contributed by atoms with Gasteiger partial charge in [-0.1, -0.05) is 0 Å². The Kier molecular flexibility index (Phi) is 1.09. The number of hydrogen-bond acceptors (Lipinski definition) is 3. The quantitative estimate of drug-likeness (QED) is 0.477. The molecule has 0 aromatic carbocycles. The van der Waals surface area contributed by atoms with Crippen LogP contribution in [0.5, 0.6) is 0 Å². The lowest BCUT2D eigenvalue weighted by molar-refractivity contribution is -0.115. The average molecular weight is 128 g/mol. The molecule has 0 spiro atoms. The van der Waals surface area contributed by atoms with Gasteiger partial charge in [-0.3, -0.25) is 14.9 Å². The van der Waals surface area contributed by atoms with Gasteiger partial charge >= 0.3 is 0 Å². The summed E-state index contributed by atoms with van der Waals surface area (Å²) < 4.78 is 0. The molecule has 1 aliphatic rings. The summed E-state index contributed by atoms with van der Waals surface area (Å²) >= 11 is 0.723. The van der Waals surface area contributed by atoms with E-state index in [0.29, 0.717) is 0 Å². The second-order valence-electron chi connectivity index (χ2n) is 1.21. The van der Waals surface area contributed by atoms with Gasteiger partial charge in [0.25, 0.3) is 11.1 Å². The van der Waals surface area contributed by atoms with Crippen molar-refractivity contribution in [3.63, 3.8) is 0 Å². The zero-order valence-corrected chi connectivity index (χ0v) is 4.62. The molecule has 0 aliphatic carbocycles. The summed E-state index contributed by atoms with van der Waals surface area (Å²) in [5.41, 5.74) is 0. The van der Waals surface area contributed by atoms with Crippen LogP contribution in [0, 0.1) is 6.58 Å². The number of carbonyl (C=O) groups excluding carboxylic acids is 2. The molecule has 1 aliphatic heterocycles. The monoisotopic (exact) mass is 128 g/mol. The van der Waals surface area contributed by atoms with Gasteiger partial charge in [0, 0.05) is 0 Å². The number of carbonyl (C=O) groups is 2. The third kappa shape index (κ3) is 0.742. The van der Waals surface area contributed by atoms with Crippen LogP contribution in [0.1, 0.15) is 0 Å². The Bertz CT molecular complexity index is 157. The first-order chi connectivity index (χ1) is 3.70. The lowest BCUT2D eigenvalue weighted by Gasteiger charge is -1.78. The van der Waals surface area contributed by atoms with E-state index in [1.54, 1.807) is 0 Å². The second-order valence-corrected chi connectivity index (χ2v) is 2.22. The van der Waals surface area contributed by atoms with Crippen LogP contribution in [0.15, 0.2) is 4.91 Å². The number of rotatable bonds is 0. The summed E-state index contributed by atoms with van der Waals surface area (Å²) in [4.78, 5) is 20.5. The number of hydrogen-bond donors (Lipinski definition) is 1. The van der Waals surface area contributed by atoms with Gasteiger partial charge in [0.05, 0.1) is 4.91 Å². The summed E-state index contributed by atoms with van der Waals surface area (Å²) in [7, 11) is 0. The standard InChI is InChI=1S/C4H2NO2S/c1-2-3(6)5-4(7)8-2/h1H,(H,5,6,7). The molecule has 8 heavy (non-hydrogen) atoms. The van der Waals surface area contributed by atoms with Gasteiger partial charge < -0.3 is 0 Å². The number of thioether (sulfide) groups is 1. The molecule has 41 valence electrons. The number of amides is 2. The molecule has 0 aromatic heterocycles. The molecule has 0 unspecified atom stereocenters. The van der Waals surface area contributed by atoms with E-state index in [1.807, 2.05) is 5.32 Å². The van der Waals surface area contributed by atoms with E-state index < -0.39 is 11.1 Å². The topological polar surface area (TPSA) is 46.2 Å². The fourth-order valence-corrected chi connectivity index (χ4v) is 0.813. The van der Waals surface area contributed by atoms with Crippen molar-refractivity contribution in [1.29, 1.82) is 0 Å². The highest BCUT2D eigenvalue weighted by Gasteiger charge is 2.22. The van der Waals surface area contributed by atoms with Crippen molar-refractivity contribution in [2.24, 2.45) is 0 Å². The highest BCUT2D eigenvalue weighted by atomic mass is 32.2. The van der Waals surface area contributed by atoms with E-state index in [4.69, 9.17) is 6.58 Å². The Morgan fingerprint density at radius 2 is 2.12 bits per heavy atom. The Labute approximate surface area is 50.1 Å². The Hall–Kier alpha value is -0.770. The SMILES string of the molecule is [CH]=C1SC(=O)NC1=O. The molecule has 3 nitrogen and oxygen atoms in total. The first-order valence-corrected chi connectivity index (χ1v) is 2.67. The maximum atomic E-state index is 10.3. The fourth-order valence-electron chi connectivity index (χ4n) is 0.326. The molecular formula is C4H2NO2S. The van der Waals surface area contributed by atoms with Gasteiger partial charge in [0.15, 0.2) is 0 Å². The van der Waals surface area contributed by atoms with Crippen molar-refractivity contribution in [2.45, 2.75) is 0 Å². The van der Waals surface area contributed by atoms with Crippen LogP contribution in [0.3, 0.4) is 0 Å². The summed E-state index contributed by atoms with van der Waals surface area (Å²) in [6.45, 7) is 5.02. The minimum absolute atomic E-state index is 0.0231. The van der Waals surface area contributed by atoms with E-state index in [-0.39, 0.29) is 4.91 Å². The number of imide groups is 1. The summed E-state index contributed by atoms with van der Waals surface area (Å²) in [6.07, 6.45) is 0. The van der Waals surface area contributed by atoms with Crippen LogP contribution in [0.4, 0.5) is 4.79 Å². The minimum atomic E-state index is -0.486. The Balaban J connectivity index is 2.79. The zero-order chi connectivity index (χ0) is 6.15. The maximum absolute atomic E-state index is 10.3. The van der Waals surface area contributed by atoms with E-state index in [1.165, 1.54) is 0 Å². The van der Waals surface area contributed by atoms with Gasteiger partial charge in [-0.15, -0.1) is 0 Å². The molecule has 1 rings (SSSR count). The van der Waals surface area contributed by atoms with E-state index in [2.05, 4.69) is 0 Å². The van der Waals surface area contributed by atoms with Crippen molar-refractivity contribution in [2.75, 3.05) is 0 Å². The lowest BCUT2D eigenvalue weighted by Crippen LogP contribution is -2.17. The summed E-state index contributed by atoms with van der Waals surface area (Å²) in [5, 5.41) is 1.59. The molecule has 1 heterocycles. The van der Waals surface area contributed by atoms with Crippen LogP contribution in [-0.4, -0.2) is 11.1 Å².